The molecule has 6 heteroatoms. The van der Waals surface area contributed by atoms with Gasteiger partial charge < -0.3 is 4.84 Å². The van der Waals surface area contributed by atoms with Crippen LogP contribution in [0.3, 0.4) is 0 Å². The van der Waals surface area contributed by atoms with Gasteiger partial charge >= 0.3 is 5.97 Å². The van der Waals surface area contributed by atoms with E-state index in [1.807, 2.05) is 0 Å². The molecule has 0 radical (unpaired) electrons. The van der Waals surface area contributed by atoms with Gasteiger partial charge in [0.1, 0.15) is 0 Å². The zero-order chi connectivity index (χ0) is 4.99. The van der Waals surface area contributed by atoms with E-state index in [0.717, 1.165) is 0 Å². The van der Waals surface area contributed by atoms with Crippen molar-refractivity contribution in [1.82, 2.24) is 5.59 Å². The van der Waals surface area contributed by atoms with Gasteiger partial charge in [-0.05, 0) is 0 Å². The van der Waals surface area contributed by atoms with Crippen molar-refractivity contribution in [1.29, 1.82) is 0 Å². The van der Waals surface area contributed by atoms with Crippen LogP contribution in [0.15, 0.2) is 0 Å². The molecule has 4 nitrogen and oxygen atoms in total. The molecule has 0 heterocycles. The Bertz CT molecular complexity index is 60.0. The summed E-state index contributed by atoms with van der Waals surface area (Å²) in [5, 5.41) is 0. The van der Waals surface area contributed by atoms with Crippen LogP contribution >= 0.6 is 24.8 Å². The Labute approximate surface area is 59.5 Å². The predicted octanol–water partition coefficient (Wildman–Crippen LogP) is -0.229. The third-order valence-corrected chi connectivity index (χ3v) is 0.203. The van der Waals surface area contributed by atoms with Crippen LogP contribution in [-0.2, 0) is 9.63 Å². The summed E-state index contributed by atoms with van der Waals surface area (Å²) in [4.78, 5) is 13.6. The summed E-state index contributed by atoms with van der Waals surface area (Å²) < 4.78 is 0. The van der Waals surface area contributed by atoms with Crippen LogP contribution in [-0.4, -0.2) is 5.97 Å². The minimum Gasteiger partial charge on any atom is -0.356 e. The van der Waals surface area contributed by atoms with Gasteiger partial charge in [-0.15, -0.1) is 24.8 Å². The number of hydrogen-bond acceptors (Lipinski definition) is 4. The molecule has 3 N–H and O–H groups in total. The molecule has 0 saturated heterocycles. The first-order valence-corrected chi connectivity index (χ1v) is 1.40. The molecule has 0 aliphatic carbocycles. The number of hydrazine groups is 1. The van der Waals surface area contributed by atoms with Gasteiger partial charge in [-0.25, -0.2) is 5.84 Å². The molecule has 0 spiro atoms. The van der Waals surface area contributed by atoms with Crippen LogP contribution in [0, 0.1) is 0 Å². The van der Waals surface area contributed by atoms with Gasteiger partial charge in [-0.3, -0.25) is 4.79 Å². The van der Waals surface area contributed by atoms with Crippen LogP contribution in [0.1, 0.15) is 6.92 Å². The van der Waals surface area contributed by atoms with E-state index in [2.05, 4.69) is 10.7 Å². The maximum absolute atomic E-state index is 9.68. The molecule has 0 aliphatic rings. The van der Waals surface area contributed by atoms with Crippen molar-refractivity contribution in [3.8, 4) is 0 Å². The summed E-state index contributed by atoms with van der Waals surface area (Å²) >= 11 is 0. The largest absolute Gasteiger partial charge is 0.356 e. The third-order valence-electron chi connectivity index (χ3n) is 0.203. The maximum Gasteiger partial charge on any atom is 0.323 e. The summed E-state index contributed by atoms with van der Waals surface area (Å²) in [6, 6.07) is 0. The molecule has 0 aromatic rings. The average Bonchev–Trinajstić information content (AvgIpc) is 1.35. The van der Waals surface area contributed by atoms with Crippen LogP contribution in [0.4, 0.5) is 0 Å². The second-order valence-electron chi connectivity index (χ2n) is 0.711. The third kappa shape index (κ3) is 16.7. The Morgan fingerprint density at radius 1 is 1.62 bits per heavy atom. The fourth-order valence-corrected chi connectivity index (χ4v) is 0.0830. The van der Waals surface area contributed by atoms with Gasteiger partial charge in [-0.1, -0.05) is 5.59 Å². The lowest BCUT2D eigenvalue weighted by molar-refractivity contribution is -0.148. The lowest BCUT2D eigenvalue weighted by atomic mass is 10.8. The molecule has 8 heavy (non-hydrogen) atoms. The molecule has 0 atom stereocenters. The van der Waals surface area contributed by atoms with Gasteiger partial charge in [0.2, 0.25) is 0 Å². The molecule has 0 aromatic heterocycles. The lowest BCUT2D eigenvalue weighted by Crippen LogP contribution is -2.24. The SMILES string of the molecule is CC(=O)ONN.Cl.Cl. The topological polar surface area (TPSA) is 64.3 Å². The minimum atomic E-state index is -0.447. The van der Waals surface area contributed by atoms with E-state index in [4.69, 9.17) is 0 Å². The first-order valence-electron chi connectivity index (χ1n) is 1.40. The van der Waals surface area contributed by atoms with E-state index in [9.17, 15) is 4.79 Å². The highest BCUT2D eigenvalue weighted by Crippen LogP contribution is 1.59. The zero-order valence-corrected chi connectivity index (χ0v) is 5.84. The summed E-state index contributed by atoms with van der Waals surface area (Å²) in [5.74, 6) is 4.09. The Morgan fingerprint density at radius 2 is 2.00 bits per heavy atom. The van der Waals surface area contributed by atoms with Gasteiger partial charge in [0.25, 0.3) is 0 Å². The van der Waals surface area contributed by atoms with Gasteiger partial charge in [-0.2, -0.15) is 0 Å². The summed E-state index contributed by atoms with van der Waals surface area (Å²) in [7, 11) is 0. The van der Waals surface area contributed by atoms with E-state index < -0.39 is 5.97 Å². The van der Waals surface area contributed by atoms with Crippen molar-refractivity contribution >= 4 is 30.8 Å². The highest BCUT2D eigenvalue weighted by Gasteiger charge is 1.81. The summed E-state index contributed by atoms with van der Waals surface area (Å²) in [6.45, 7) is 1.25. The standard InChI is InChI=1S/C2H6N2O2.2ClH/c1-2(5)6-4-3;;/h4H,3H2,1H3;2*1H. The van der Waals surface area contributed by atoms with Crippen LogP contribution in [0.5, 0.6) is 0 Å². The molecule has 0 bridgehead atoms. The minimum absolute atomic E-state index is 0. The molecular formula is C2H8Cl2N2O2. The average molecular weight is 163 g/mol. The number of nitrogens with two attached hydrogens (primary N) is 1. The highest BCUT2D eigenvalue weighted by molar-refractivity contribution is 5.85. The normalized spacial score (nSPS) is 5.75. The zero-order valence-electron chi connectivity index (χ0n) is 4.21. The van der Waals surface area contributed by atoms with Crippen LogP contribution in [0.2, 0.25) is 0 Å². The van der Waals surface area contributed by atoms with E-state index in [1.54, 1.807) is 5.59 Å². The molecule has 0 saturated carbocycles. The van der Waals surface area contributed by atoms with E-state index in [1.165, 1.54) is 6.92 Å². The van der Waals surface area contributed by atoms with Gasteiger partial charge in [0, 0.05) is 6.92 Å². The molecule has 0 aromatic carbocycles. The van der Waals surface area contributed by atoms with Crippen molar-refractivity contribution in [3.63, 3.8) is 0 Å². The molecule has 0 unspecified atom stereocenters. The molecule has 0 fully saturated rings. The predicted molar refractivity (Wildman–Crippen MR) is 33.6 cm³/mol. The number of carbonyl (C=O) groups excluding carboxylic acids is 1. The number of rotatable bonds is 1. The Morgan fingerprint density at radius 3 is 2.00 bits per heavy atom. The highest BCUT2D eigenvalue weighted by atomic mass is 35.5. The fraction of sp³-hybridized carbons (Fsp3) is 0.500. The van der Waals surface area contributed by atoms with Crippen molar-refractivity contribution in [2.24, 2.45) is 5.84 Å². The molecule has 0 amide bonds. The van der Waals surface area contributed by atoms with E-state index in [0.29, 0.717) is 0 Å². The monoisotopic (exact) mass is 162 g/mol. The van der Waals surface area contributed by atoms with Crippen molar-refractivity contribution in [3.05, 3.63) is 0 Å². The Kier molecular flexibility index (Phi) is 19.7. The first-order chi connectivity index (χ1) is 2.77. The van der Waals surface area contributed by atoms with Crippen LogP contribution < -0.4 is 11.4 Å². The van der Waals surface area contributed by atoms with Crippen molar-refractivity contribution in [2.75, 3.05) is 0 Å². The molecule has 0 rings (SSSR count). The second-order valence-corrected chi connectivity index (χ2v) is 0.711. The number of hydrogen-bond donors (Lipinski definition) is 2. The summed E-state index contributed by atoms with van der Waals surface area (Å²) in [6.07, 6.45) is 0. The molecule has 0 aliphatic heterocycles. The lowest BCUT2D eigenvalue weighted by Gasteiger charge is -1.90. The molecular weight excluding hydrogens is 155 g/mol. The second kappa shape index (κ2) is 10.1. The first kappa shape index (κ1) is 15.7. The summed E-state index contributed by atoms with van der Waals surface area (Å²) in [5.41, 5.74) is 1.72. The van der Waals surface area contributed by atoms with E-state index in [-0.39, 0.29) is 24.8 Å². The Hall–Kier alpha value is -0.0300. The number of carbonyl (C=O) groups is 1. The van der Waals surface area contributed by atoms with E-state index >= 15 is 0 Å². The molecule has 52 valence electrons. The maximum atomic E-state index is 9.68. The number of halogens is 2. The number of nitrogens with one attached hydrogen (secondary N) is 1. The van der Waals surface area contributed by atoms with Crippen molar-refractivity contribution < 1.29 is 9.63 Å². The smallest absolute Gasteiger partial charge is 0.323 e. The fourth-order valence-electron chi connectivity index (χ4n) is 0.0830. The van der Waals surface area contributed by atoms with Gasteiger partial charge in [0.05, 0.1) is 0 Å². The Balaban J connectivity index is -0.000000125. The van der Waals surface area contributed by atoms with Crippen LogP contribution in [0.25, 0.3) is 0 Å². The quantitative estimate of drug-likeness (QED) is 0.414. The van der Waals surface area contributed by atoms with Crippen molar-refractivity contribution in [2.45, 2.75) is 6.92 Å². The van der Waals surface area contributed by atoms with Gasteiger partial charge in [0.15, 0.2) is 0 Å².